The van der Waals surface area contributed by atoms with Gasteiger partial charge in [0.15, 0.2) is 6.23 Å². The lowest BCUT2D eigenvalue weighted by Gasteiger charge is -2.17. The quantitative estimate of drug-likeness (QED) is 0.282. The molecule has 0 saturated carbocycles. The Kier molecular flexibility index (Phi) is 6.66. The Hall–Kier alpha value is -3.03. The van der Waals surface area contributed by atoms with Crippen molar-refractivity contribution in [1.82, 2.24) is 9.55 Å². The van der Waals surface area contributed by atoms with Crippen LogP contribution in [0.5, 0.6) is 0 Å². The lowest BCUT2D eigenvalue weighted by molar-refractivity contribution is -0.161. The first-order chi connectivity index (χ1) is 13.1. The average Bonchev–Trinajstić information content (AvgIpc) is 2.86. The van der Waals surface area contributed by atoms with Crippen molar-refractivity contribution in [3.8, 4) is 0 Å². The number of ether oxygens (including phenoxy) is 2. The van der Waals surface area contributed by atoms with Gasteiger partial charge in [0.25, 0.3) is 5.56 Å². The van der Waals surface area contributed by atoms with Gasteiger partial charge in [0.2, 0.25) is 0 Å². The molecule has 1 saturated heterocycles. The normalized spacial score (nSPS) is 24.2. The monoisotopic (exact) mass is 402 g/mol. The second-order valence-electron chi connectivity index (χ2n) is 6.09. The van der Waals surface area contributed by atoms with Crippen LogP contribution in [0.25, 0.3) is 0 Å². The fourth-order valence-electron chi connectivity index (χ4n) is 2.67. The molecule has 28 heavy (non-hydrogen) atoms. The predicted molar refractivity (Wildman–Crippen MR) is 86.2 cm³/mol. The average molecular weight is 402 g/mol. The molecule has 1 aromatic heterocycles. The van der Waals surface area contributed by atoms with E-state index in [-0.39, 0.29) is 0 Å². The maximum Gasteiger partial charge on any atom is 0.330 e. The molecular weight excluding hydrogens is 384 g/mol. The van der Waals surface area contributed by atoms with E-state index in [0.29, 0.717) is 0 Å². The molecule has 0 unspecified atom stereocenters. The van der Waals surface area contributed by atoms with Crippen LogP contribution in [-0.4, -0.2) is 72.8 Å². The first kappa shape index (κ1) is 21.3. The molecule has 1 fully saturated rings. The van der Waals surface area contributed by atoms with Crippen LogP contribution >= 0.6 is 0 Å². The lowest BCUT2D eigenvalue weighted by atomic mass is 10.0. The number of carboxylic acid groups (broad SMARTS) is 2. The molecular formula is C15H18N2O11. The summed E-state index contributed by atoms with van der Waals surface area (Å²) in [5.74, 6) is -5.36. The van der Waals surface area contributed by atoms with Crippen molar-refractivity contribution in [2.75, 3.05) is 6.61 Å². The molecule has 2 rings (SSSR count). The van der Waals surface area contributed by atoms with E-state index in [4.69, 9.17) is 19.7 Å². The molecule has 1 aromatic rings. The van der Waals surface area contributed by atoms with Crippen molar-refractivity contribution in [2.24, 2.45) is 5.92 Å². The van der Waals surface area contributed by atoms with Crippen LogP contribution in [0.1, 0.15) is 19.1 Å². The Bertz CT molecular complexity index is 844. The number of nitrogens with zero attached hydrogens (tertiary/aromatic N) is 1. The summed E-state index contributed by atoms with van der Waals surface area (Å²) < 4.78 is 11.0. The van der Waals surface area contributed by atoms with Gasteiger partial charge in [0, 0.05) is 12.3 Å². The molecule has 0 amide bonds. The van der Waals surface area contributed by atoms with Gasteiger partial charge in [-0.25, -0.2) is 4.79 Å². The number of aliphatic carboxylic acids is 2. The van der Waals surface area contributed by atoms with Crippen LogP contribution in [0.4, 0.5) is 0 Å². The Balaban J connectivity index is 2.05. The van der Waals surface area contributed by atoms with Gasteiger partial charge in [-0.2, -0.15) is 0 Å². The summed E-state index contributed by atoms with van der Waals surface area (Å²) in [6.07, 6.45) is -6.31. The molecule has 1 aliphatic rings. The largest absolute Gasteiger partial charge is 0.481 e. The summed E-state index contributed by atoms with van der Waals surface area (Å²) in [6.45, 7) is -0.624. The van der Waals surface area contributed by atoms with Crippen molar-refractivity contribution in [3.05, 3.63) is 33.1 Å². The number of aromatic nitrogens is 2. The number of hydrogen-bond acceptors (Lipinski definition) is 9. The summed E-state index contributed by atoms with van der Waals surface area (Å²) in [4.78, 5) is 58.3. The number of nitrogens with one attached hydrogen (secondary N) is 1. The summed E-state index contributed by atoms with van der Waals surface area (Å²) in [7, 11) is 0. The fraction of sp³-hybridized carbons (Fsp3) is 0.533. The predicted octanol–water partition coefficient (Wildman–Crippen LogP) is -2.74. The number of esters is 1. The molecule has 0 aromatic carbocycles. The third-order valence-corrected chi connectivity index (χ3v) is 4.03. The van der Waals surface area contributed by atoms with Crippen LogP contribution in [0.2, 0.25) is 0 Å². The second-order valence-corrected chi connectivity index (χ2v) is 6.09. The zero-order valence-electron chi connectivity index (χ0n) is 14.3. The highest BCUT2D eigenvalue weighted by Crippen LogP contribution is 2.28. The molecule has 13 heteroatoms. The van der Waals surface area contributed by atoms with Gasteiger partial charge in [-0.05, 0) is 0 Å². The Labute approximate surface area is 155 Å². The zero-order valence-corrected chi connectivity index (χ0v) is 14.3. The Morgan fingerprint density at radius 3 is 2.29 bits per heavy atom. The molecule has 0 aliphatic carbocycles. The molecule has 2 heterocycles. The van der Waals surface area contributed by atoms with Gasteiger partial charge >= 0.3 is 23.6 Å². The van der Waals surface area contributed by atoms with Crippen LogP contribution in [0.15, 0.2) is 21.9 Å². The summed E-state index contributed by atoms with van der Waals surface area (Å²) in [6, 6.07) is 1.000. The first-order valence-electron chi connectivity index (χ1n) is 8.03. The molecule has 0 bridgehead atoms. The maximum absolute atomic E-state index is 12.0. The van der Waals surface area contributed by atoms with E-state index in [1.165, 1.54) is 0 Å². The van der Waals surface area contributed by atoms with E-state index < -0.39 is 79.1 Å². The van der Waals surface area contributed by atoms with Gasteiger partial charge in [-0.15, -0.1) is 0 Å². The molecule has 0 spiro atoms. The topological polar surface area (TPSA) is 205 Å². The minimum atomic E-state index is -1.60. The highest BCUT2D eigenvalue weighted by atomic mass is 16.6. The standard InChI is InChI=1S/C15H18N2O11/c18-8-1-2-17(15(26)16-8)13-12(24)11(23)7(28-13)5-27-14(25)6(3-9(19)20)4-10(21)22/h1-2,6-7,11-13,23-24H,3-5H2,(H,19,20)(H,21,22)(H,16,18,26)/t7-,11-,12-,13-/m1/s1. The Morgan fingerprint density at radius 2 is 1.75 bits per heavy atom. The van der Waals surface area contributed by atoms with E-state index in [0.717, 1.165) is 16.8 Å². The van der Waals surface area contributed by atoms with Crippen LogP contribution in [0, 0.1) is 5.92 Å². The van der Waals surface area contributed by atoms with E-state index in [1.807, 2.05) is 4.98 Å². The number of carboxylic acids is 2. The van der Waals surface area contributed by atoms with Crippen LogP contribution in [-0.2, 0) is 23.9 Å². The van der Waals surface area contributed by atoms with E-state index in [9.17, 15) is 34.2 Å². The molecule has 4 atom stereocenters. The zero-order chi connectivity index (χ0) is 21.0. The highest BCUT2D eigenvalue weighted by Gasteiger charge is 2.45. The molecule has 0 radical (unpaired) electrons. The van der Waals surface area contributed by atoms with Crippen LogP contribution in [0.3, 0.4) is 0 Å². The van der Waals surface area contributed by atoms with Crippen molar-refractivity contribution in [1.29, 1.82) is 0 Å². The molecule has 5 N–H and O–H groups in total. The highest BCUT2D eigenvalue weighted by molar-refractivity contribution is 5.83. The first-order valence-corrected chi connectivity index (χ1v) is 8.03. The van der Waals surface area contributed by atoms with Gasteiger partial charge in [-0.1, -0.05) is 0 Å². The SMILES string of the molecule is O=C(O)CC(CC(=O)O)C(=O)OC[C@H]1O[C@@H](n2ccc(=O)[nH]c2=O)[C@H](O)[C@@H]1O. The summed E-state index contributed by atoms with van der Waals surface area (Å²) >= 11 is 0. The van der Waals surface area contributed by atoms with Gasteiger partial charge in [0.1, 0.15) is 24.9 Å². The third-order valence-electron chi connectivity index (χ3n) is 4.03. The van der Waals surface area contributed by atoms with E-state index in [1.54, 1.807) is 0 Å². The molecule has 1 aliphatic heterocycles. The maximum atomic E-state index is 12.0. The van der Waals surface area contributed by atoms with Crippen molar-refractivity contribution in [2.45, 2.75) is 37.4 Å². The van der Waals surface area contributed by atoms with Crippen molar-refractivity contribution < 1.29 is 44.3 Å². The number of H-pyrrole nitrogens is 1. The molecule has 154 valence electrons. The Morgan fingerprint density at radius 1 is 1.14 bits per heavy atom. The summed E-state index contributed by atoms with van der Waals surface area (Å²) in [5.41, 5.74) is -1.58. The number of rotatable bonds is 8. The van der Waals surface area contributed by atoms with Gasteiger partial charge in [0.05, 0.1) is 18.8 Å². The number of aliphatic hydroxyl groups excluding tert-OH is 2. The second kappa shape index (κ2) is 8.77. The van der Waals surface area contributed by atoms with E-state index in [2.05, 4.69) is 0 Å². The van der Waals surface area contributed by atoms with Crippen molar-refractivity contribution >= 4 is 17.9 Å². The summed E-state index contributed by atoms with van der Waals surface area (Å²) in [5, 5.41) is 37.6. The van der Waals surface area contributed by atoms with Crippen LogP contribution < -0.4 is 11.2 Å². The number of aliphatic hydroxyl groups is 2. The van der Waals surface area contributed by atoms with Gasteiger partial charge in [-0.3, -0.25) is 28.7 Å². The fourth-order valence-corrected chi connectivity index (χ4v) is 2.67. The lowest BCUT2D eigenvalue weighted by Crippen LogP contribution is -2.38. The third kappa shape index (κ3) is 5.03. The van der Waals surface area contributed by atoms with E-state index >= 15 is 0 Å². The van der Waals surface area contributed by atoms with Crippen molar-refractivity contribution in [3.63, 3.8) is 0 Å². The smallest absolute Gasteiger partial charge is 0.330 e. The number of aromatic amines is 1. The number of carbonyl (C=O) groups is 3. The minimum absolute atomic E-state index is 0.624. The van der Waals surface area contributed by atoms with Gasteiger partial charge < -0.3 is 29.9 Å². The number of hydrogen-bond donors (Lipinski definition) is 5. The molecule has 13 nitrogen and oxygen atoms in total. The number of carbonyl (C=O) groups excluding carboxylic acids is 1. The minimum Gasteiger partial charge on any atom is -0.481 e.